The van der Waals surface area contributed by atoms with Gasteiger partial charge in [-0.15, -0.1) is 0 Å². The summed E-state index contributed by atoms with van der Waals surface area (Å²) in [6.07, 6.45) is 7.52. The molecule has 0 aromatic heterocycles. The molecule has 0 unspecified atom stereocenters. The molecular formula is C16H20ClNO2. The Labute approximate surface area is 124 Å². The molecule has 20 heavy (non-hydrogen) atoms. The standard InChI is InChI=1S/C16H20ClNO2/c1-2-3-10-18(14-6-7-14)15-8-5-13(17)11-12(15)4-9-16(19)20/h4-5,8-9,11,14H,2-3,6-7,10H2,1H3,(H,19,20)/b9-4+. The van der Waals surface area contributed by atoms with Crippen LogP contribution in [-0.4, -0.2) is 23.7 Å². The van der Waals surface area contributed by atoms with Gasteiger partial charge in [-0.05, 0) is 49.1 Å². The van der Waals surface area contributed by atoms with E-state index < -0.39 is 5.97 Å². The number of hydrogen-bond donors (Lipinski definition) is 1. The fourth-order valence-corrected chi connectivity index (χ4v) is 2.48. The van der Waals surface area contributed by atoms with Gasteiger partial charge in [-0.2, -0.15) is 0 Å². The summed E-state index contributed by atoms with van der Waals surface area (Å²) < 4.78 is 0. The highest BCUT2D eigenvalue weighted by Gasteiger charge is 2.29. The second-order valence-electron chi connectivity index (χ2n) is 5.15. The zero-order valence-corrected chi connectivity index (χ0v) is 12.4. The van der Waals surface area contributed by atoms with Crippen LogP contribution in [-0.2, 0) is 4.79 Å². The van der Waals surface area contributed by atoms with Gasteiger partial charge in [-0.25, -0.2) is 4.79 Å². The summed E-state index contributed by atoms with van der Waals surface area (Å²) in [5, 5.41) is 9.43. The average Bonchev–Trinajstić information content (AvgIpc) is 3.23. The first-order valence-corrected chi connectivity index (χ1v) is 7.47. The van der Waals surface area contributed by atoms with E-state index in [2.05, 4.69) is 11.8 Å². The predicted octanol–water partition coefficient (Wildman–Crippen LogP) is 4.21. The van der Waals surface area contributed by atoms with Crippen molar-refractivity contribution in [3.8, 4) is 0 Å². The Morgan fingerprint density at radius 2 is 2.25 bits per heavy atom. The first kappa shape index (κ1) is 14.9. The van der Waals surface area contributed by atoms with Crippen LogP contribution in [0.15, 0.2) is 24.3 Å². The van der Waals surface area contributed by atoms with Gasteiger partial charge in [0.15, 0.2) is 0 Å². The van der Waals surface area contributed by atoms with Crippen LogP contribution < -0.4 is 4.90 Å². The molecule has 1 saturated carbocycles. The Kier molecular flexibility index (Phi) is 5.07. The van der Waals surface area contributed by atoms with Crippen molar-refractivity contribution in [2.45, 2.75) is 38.6 Å². The SMILES string of the molecule is CCCCN(c1ccc(Cl)cc1/C=C/C(=O)O)C1CC1. The molecule has 4 heteroatoms. The van der Waals surface area contributed by atoms with Crippen molar-refractivity contribution in [2.24, 2.45) is 0 Å². The van der Waals surface area contributed by atoms with Gasteiger partial charge in [0.2, 0.25) is 0 Å². The first-order chi connectivity index (χ1) is 9.61. The number of carbonyl (C=O) groups is 1. The van der Waals surface area contributed by atoms with Crippen LogP contribution in [0.25, 0.3) is 6.08 Å². The zero-order valence-electron chi connectivity index (χ0n) is 11.7. The van der Waals surface area contributed by atoms with Gasteiger partial charge in [0.25, 0.3) is 0 Å². The summed E-state index contributed by atoms with van der Waals surface area (Å²) in [6.45, 7) is 3.19. The average molecular weight is 294 g/mol. The van der Waals surface area contributed by atoms with Crippen molar-refractivity contribution in [3.05, 3.63) is 34.9 Å². The number of aliphatic carboxylic acids is 1. The number of unbranched alkanes of at least 4 members (excludes halogenated alkanes) is 1. The van der Waals surface area contributed by atoms with Crippen LogP contribution in [0.4, 0.5) is 5.69 Å². The maximum absolute atomic E-state index is 10.7. The van der Waals surface area contributed by atoms with Crippen LogP contribution in [0, 0.1) is 0 Å². The molecule has 1 aliphatic carbocycles. The monoisotopic (exact) mass is 293 g/mol. The quantitative estimate of drug-likeness (QED) is 0.766. The van der Waals surface area contributed by atoms with Crippen molar-refractivity contribution in [1.29, 1.82) is 0 Å². The van der Waals surface area contributed by atoms with Crippen LogP contribution in [0.5, 0.6) is 0 Å². The summed E-state index contributed by atoms with van der Waals surface area (Å²) >= 11 is 6.04. The largest absolute Gasteiger partial charge is 0.478 e. The van der Waals surface area contributed by atoms with Crippen molar-refractivity contribution < 1.29 is 9.90 Å². The minimum Gasteiger partial charge on any atom is -0.478 e. The maximum atomic E-state index is 10.7. The van der Waals surface area contributed by atoms with E-state index in [1.807, 2.05) is 18.2 Å². The number of rotatable bonds is 7. The van der Waals surface area contributed by atoms with Gasteiger partial charge >= 0.3 is 5.97 Å². The normalized spacial score (nSPS) is 14.7. The third-order valence-electron chi connectivity index (χ3n) is 3.44. The number of anilines is 1. The van der Waals surface area contributed by atoms with Gasteiger partial charge in [0.1, 0.15) is 0 Å². The second-order valence-corrected chi connectivity index (χ2v) is 5.59. The molecule has 0 aliphatic heterocycles. The molecule has 1 N–H and O–H groups in total. The Balaban J connectivity index is 2.29. The predicted molar refractivity (Wildman–Crippen MR) is 83.4 cm³/mol. The molecular weight excluding hydrogens is 274 g/mol. The Morgan fingerprint density at radius 3 is 2.85 bits per heavy atom. The molecule has 0 bridgehead atoms. The van der Waals surface area contributed by atoms with Crippen LogP contribution in [0.1, 0.15) is 38.2 Å². The lowest BCUT2D eigenvalue weighted by molar-refractivity contribution is -0.131. The highest BCUT2D eigenvalue weighted by Crippen LogP contribution is 2.35. The van der Waals surface area contributed by atoms with Crippen molar-refractivity contribution in [3.63, 3.8) is 0 Å². The third kappa shape index (κ3) is 4.01. The summed E-state index contributed by atoms with van der Waals surface area (Å²) in [5.41, 5.74) is 1.96. The van der Waals surface area contributed by atoms with Crippen LogP contribution >= 0.6 is 11.6 Å². The molecule has 1 aromatic rings. The summed E-state index contributed by atoms with van der Waals surface area (Å²) in [7, 11) is 0. The lowest BCUT2D eigenvalue weighted by Gasteiger charge is -2.26. The van der Waals surface area contributed by atoms with E-state index in [-0.39, 0.29) is 0 Å². The molecule has 0 radical (unpaired) electrons. The number of carboxylic acid groups (broad SMARTS) is 1. The molecule has 1 fully saturated rings. The number of benzene rings is 1. The van der Waals surface area contributed by atoms with E-state index in [1.54, 1.807) is 6.08 Å². The van der Waals surface area contributed by atoms with Gasteiger partial charge in [0, 0.05) is 29.4 Å². The van der Waals surface area contributed by atoms with Gasteiger partial charge in [-0.1, -0.05) is 24.9 Å². The summed E-state index contributed by atoms with van der Waals surface area (Å²) in [4.78, 5) is 13.1. The number of halogens is 1. The molecule has 0 saturated heterocycles. The van der Waals surface area contributed by atoms with Crippen molar-refractivity contribution in [2.75, 3.05) is 11.4 Å². The molecule has 3 nitrogen and oxygen atoms in total. The number of hydrogen-bond acceptors (Lipinski definition) is 2. The smallest absolute Gasteiger partial charge is 0.328 e. The van der Waals surface area contributed by atoms with Crippen molar-refractivity contribution in [1.82, 2.24) is 0 Å². The van der Waals surface area contributed by atoms with E-state index >= 15 is 0 Å². The Bertz CT molecular complexity index is 509. The van der Waals surface area contributed by atoms with E-state index in [0.717, 1.165) is 30.6 Å². The van der Waals surface area contributed by atoms with E-state index in [4.69, 9.17) is 16.7 Å². The minimum atomic E-state index is -0.942. The van der Waals surface area contributed by atoms with Gasteiger partial charge in [-0.3, -0.25) is 0 Å². The van der Waals surface area contributed by atoms with E-state index in [0.29, 0.717) is 11.1 Å². The fraction of sp³-hybridized carbons (Fsp3) is 0.438. The third-order valence-corrected chi connectivity index (χ3v) is 3.68. The second kappa shape index (κ2) is 6.80. The van der Waals surface area contributed by atoms with Gasteiger partial charge in [0.05, 0.1) is 0 Å². The summed E-state index contributed by atoms with van der Waals surface area (Å²) in [5.74, 6) is -0.942. The zero-order chi connectivity index (χ0) is 14.5. The van der Waals surface area contributed by atoms with E-state index in [9.17, 15) is 4.79 Å². The maximum Gasteiger partial charge on any atom is 0.328 e. The molecule has 1 aromatic carbocycles. The molecule has 1 aliphatic rings. The number of nitrogens with zero attached hydrogens (tertiary/aromatic N) is 1. The molecule has 108 valence electrons. The molecule has 0 atom stereocenters. The first-order valence-electron chi connectivity index (χ1n) is 7.09. The molecule has 2 rings (SSSR count). The Morgan fingerprint density at radius 1 is 1.50 bits per heavy atom. The van der Waals surface area contributed by atoms with Crippen LogP contribution in [0.2, 0.25) is 5.02 Å². The lowest BCUT2D eigenvalue weighted by Crippen LogP contribution is -2.27. The van der Waals surface area contributed by atoms with Crippen molar-refractivity contribution >= 4 is 29.3 Å². The van der Waals surface area contributed by atoms with Crippen LogP contribution in [0.3, 0.4) is 0 Å². The molecule has 0 spiro atoms. The lowest BCUT2D eigenvalue weighted by atomic mass is 10.1. The minimum absolute atomic E-state index is 0.597. The number of carboxylic acids is 1. The Hall–Kier alpha value is -1.48. The highest BCUT2D eigenvalue weighted by atomic mass is 35.5. The molecule has 0 amide bonds. The molecule has 0 heterocycles. The topological polar surface area (TPSA) is 40.5 Å². The van der Waals surface area contributed by atoms with E-state index in [1.165, 1.54) is 18.9 Å². The highest BCUT2D eigenvalue weighted by molar-refractivity contribution is 6.30. The summed E-state index contributed by atoms with van der Waals surface area (Å²) in [6, 6.07) is 6.30. The van der Waals surface area contributed by atoms with Gasteiger partial charge < -0.3 is 10.0 Å². The fourth-order valence-electron chi connectivity index (χ4n) is 2.30.